The molecule has 9 heteroatoms. The molecule has 0 bridgehead atoms. The highest BCUT2D eigenvalue weighted by Crippen LogP contribution is 2.33. The Morgan fingerprint density at radius 1 is 1.12 bits per heavy atom. The predicted molar refractivity (Wildman–Crippen MR) is 92.4 cm³/mol. The number of amides is 1. The average Bonchev–Trinajstić information content (AvgIpc) is 2.91. The number of nitrogens with zero attached hydrogens (tertiary/aromatic N) is 3. The Balaban J connectivity index is 1.70. The molecule has 2 N–H and O–H groups in total. The summed E-state index contributed by atoms with van der Waals surface area (Å²) in [5.41, 5.74) is -1.15. The molecule has 1 aromatic rings. The van der Waals surface area contributed by atoms with E-state index >= 15 is 0 Å². The fraction of sp³-hybridized carbons (Fsp3) is 0.562. The molecule has 2 atom stereocenters. The predicted octanol–water partition coefficient (Wildman–Crippen LogP) is -0.950. The van der Waals surface area contributed by atoms with E-state index in [1.54, 1.807) is 4.90 Å². The van der Waals surface area contributed by atoms with Crippen LogP contribution < -0.4 is 4.90 Å². The van der Waals surface area contributed by atoms with Gasteiger partial charge in [0.25, 0.3) is 5.91 Å². The average molecular weight is 369 g/mol. The molecule has 3 rings (SSSR count). The molecule has 2 aliphatic rings. The number of aliphatic hydroxyl groups excluding tert-OH is 1. The van der Waals surface area contributed by atoms with Crippen molar-refractivity contribution in [3.63, 3.8) is 0 Å². The fourth-order valence-electron chi connectivity index (χ4n) is 3.40. The zero-order valence-electron chi connectivity index (χ0n) is 14.1. The summed E-state index contributed by atoms with van der Waals surface area (Å²) in [6.07, 6.45) is -0.0830. The van der Waals surface area contributed by atoms with Crippen molar-refractivity contribution in [1.82, 2.24) is 9.21 Å². The molecule has 2 heterocycles. The minimum Gasteiger partial charge on any atom is -0.376 e. The van der Waals surface area contributed by atoms with Crippen molar-refractivity contribution >= 4 is 21.6 Å². The first-order chi connectivity index (χ1) is 11.7. The van der Waals surface area contributed by atoms with Crippen molar-refractivity contribution < 1.29 is 23.4 Å². The fourth-order valence-corrected chi connectivity index (χ4v) is 4.23. The Labute approximate surface area is 147 Å². The van der Waals surface area contributed by atoms with E-state index in [-0.39, 0.29) is 32.6 Å². The van der Waals surface area contributed by atoms with Gasteiger partial charge in [0.15, 0.2) is 11.8 Å². The Morgan fingerprint density at radius 3 is 2.28 bits per heavy atom. The highest BCUT2D eigenvalue weighted by molar-refractivity contribution is 7.88. The van der Waals surface area contributed by atoms with Crippen molar-refractivity contribution in [2.75, 3.05) is 43.9 Å². The van der Waals surface area contributed by atoms with Gasteiger partial charge in [-0.3, -0.25) is 4.79 Å². The van der Waals surface area contributed by atoms with Gasteiger partial charge in [0.05, 0.1) is 6.26 Å². The summed E-state index contributed by atoms with van der Waals surface area (Å²) in [6.45, 7) is 1.15. The van der Waals surface area contributed by atoms with Crippen molar-refractivity contribution in [1.29, 1.82) is 0 Å². The molecule has 2 fully saturated rings. The van der Waals surface area contributed by atoms with Crippen molar-refractivity contribution in [2.45, 2.75) is 18.2 Å². The number of hydrogen-bond acceptors (Lipinski definition) is 6. The standard InChI is InChI=1S/C16H23N3O5S/c1-25(23,24)18-11-9-17(10-12-18)14(20)16(22)7-8-19(15(16)21)13-5-3-2-4-6-13/h2-6,15,21-22H,7-12H2,1H3/t15?,16-/m0/s1. The highest BCUT2D eigenvalue weighted by Gasteiger charge is 2.53. The van der Waals surface area contributed by atoms with E-state index in [2.05, 4.69) is 0 Å². The lowest BCUT2D eigenvalue weighted by Gasteiger charge is -2.38. The lowest BCUT2D eigenvalue weighted by Crippen LogP contribution is -2.60. The SMILES string of the molecule is CS(=O)(=O)N1CCN(C(=O)[C@@]2(O)CCN(c3ccccc3)C2O)CC1. The number of rotatable bonds is 3. The van der Waals surface area contributed by atoms with Gasteiger partial charge in [-0.2, -0.15) is 4.31 Å². The molecule has 1 amide bonds. The van der Waals surface area contributed by atoms with Gasteiger partial charge in [0.1, 0.15) is 0 Å². The third kappa shape index (κ3) is 3.37. The van der Waals surface area contributed by atoms with Crippen LogP contribution in [0.15, 0.2) is 30.3 Å². The Bertz CT molecular complexity index is 733. The molecule has 0 saturated carbocycles. The molecule has 0 aliphatic carbocycles. The third-order valence-corrected chi connectivity index (χ3v) is 6.21. The van der Waals surface area contributed by atoms with Gasteiger partial charge in [-0.25, -0.2) is 8.42 Å². The molecule has 1 aromatic carbocycles. The maximum atomic E-state index is 12.8. The van der Waals surface area contributed by atoms with E-state index < -0.39 is 27.8 Å². The van der Waals surface area contributed by atoms with Crippen LogP contribution in [0.5, 0.6) is 0 Å². The largest absolute Gasteiger partial charge is 0.376 e. The summed E-state index contributed by atoms with van der Waals surface area (Å²) < 4.78 is 24.4. The van der Waals surface area contributed by atoms with Crippen molar-refractivity contribution in [3.05, 3.63) is 30.3 Å². The molecule has 138 valence electrons. The first kappa shape index (κ1) is 18.1. The number of aliphatic hydroxyl groups is 2. The normalized spacial score (nSPS) is 28.4. The van der Waals surface area contributed by atoms with Crippen molar-refractivity contribution in [2.24, 2.45) is 0 Å². The molecule has 0 aromatic heterocycles. The van der Waals surface area contributed by atoms with E-state index in [0.29, 0.717) is 6.54 Å². The van der Waals surface area contributed by atoms with Crippen LogP contribution in [-0.4, -0.2) is 84.6 Å². The van der Waals surface area contributed by atoms with Gasteiger partial charge in [0.2, 0.25) is 10.0 Å². The van der Waals surface area contributed by atoms with E-state index in [1.807, 2.05) is 30.3 Å². The smallest absolute Gasteiger partial charge is 0.259 e. The number of benzene rings is 1. The Morgan fingerprint density at radius 2 is 1.72 bits per heavy atom. The van der Waals surface area contributed by atoms with Crippen LogP contribution in [-0.2, 0) is 14.8 Å². The molecule has 8 nitrogen and oxygen atoms in total. The first-order valence-electron chi connectivity index (χ1n) is 8.20. The Kier molecular flexibility index (Phi) is 4.76. The van der Waals surface area contributed by atoms with Crippen molar-refractivity contribution in [3.8, 4) is 0 Å². The zero-order valence-corrected chi connectivity index (χ0v) is 14.9. The van der Waals surface area contributed by atoms with Gasteiger partial charge in [0, 0.05) is 44.8 Å². The second-order valence-electron chi connectivity index (χ2n) is 6.53. The molecule has 2 aliphatic heterocycles. The number of piperazine rings is 1. The second-order valence-corrected chi connectivity index (χ2v) is 8.51. The Hall–Kier alpha value is -1.68. The number of para-hydroxylation sites is 1. The number of hydrogen-bond donors (Lipinski definition) is 2. The lowest BCUT2D eigenvalue weighted by atomic mass is 9.99. The van der Waals surface area contributed by atoms with Crippen LogP contribution in [0.2, 0.25) is 0 Å². The van der Waals surface area contributed by atoms with Gasteiger partial charge in [-0.05, 0) is 12.1 Å². The summed E-state index contributed by atoms with van der Waals surface area (Å²) in [6, 6.07) is 9.12. The van der Waals surface area contributed by atoms with Gasteiger partial charge in [-0.1, -0.05) is 18.2 Å². The summed E-state index contributed by atoms with van der Waals surface area (Å²) in [5.74, 6) is -0.549. The summed E-state index contributed by atoms with van der Waals surface area (Å²) >= 11 is 0. The summed E-state index contributed by atoms with van der Waals surface area (Å²) in [4.78, 5) is 15.8. The van der Waals surface area contributed by atoms with Gasteiger partial charge >= 0.3 is 0 Å². The molecular formula is C16H23N3O5S. The monoisotopic (exact) mass is 369 g/mol. The summed E-state index contributed by atoms with van der Waals surface area (Å²) in [7, 11) is -3.29. The lowest BCUT2D eigenvalue weighted by molar-refractivity contribution is -0.161. The molecule has 0 radical (unpaired) electrons. The van der Waals surface area contributed by atoms with Crippen LogP contribution in [0.3, 0.4) is 0 Å². The molecule has 25 heavy (non-hydrogen) atoms. The van der Waals surface area contributed by atoms with Crippen LogP contribution >= 0.6 is 0 Å². The van der Waals surface area contributed by atoms with E-state index in [4.69, 9.17) is 0 Å². The second kappa shape index (κ2) is 6.56. The maximum Gasteiger partial charge on any atom is 0.259 e. The van der Waals surface area contributed by atoms with Gasteiger partial charge in [-0.15, -0.1) is 0 Å². The van der Waals surface area contributed by atoms with Gasteiger partial charge < -0.3 is 20.0 Å². The van der Waals surface area contributed by atoms with Crippen LogP contribution in [0.4, 0.5) is 5.69 Å². The topological polar surface area (TPSA) is 101 Å². The number of carbonyl (C=O) groups is 1. The molecule has 0 spiro atoms. The highest BCUT2D eigenvalue weighted by atomic mass is 32.2. The zero-order chi connectivity index (χ0) is 18.2. The van der Waals surface area contributed by atoms with Crippen LogP contribution in [0, 0.1) is 0 Å². The minimum absolute atomic E-state index is 0.119. The minimum atomic E-state index is -3.29. The van der Waals surface area contributed by atoms with E-state index in [9.17, 15) is 23.4 Å². The summed E-state index contributed by atoms with van der Waals surface area (Å²) in [5, 5.41) is 21.4. The quantitative estimate of drug-likeness (QED) is 0.712. The molecule has 1 unspecified atom stereocenters. The first-order valence-corrected chi connectivity index (χ1v) is 10.0. The number of sulfonamides is 1. The number of anilines is 1. The van der Waals surface area contributed by atoms with E-state index in [1.165, 1.54) is 9.21 Å². The molecule has 2 saturated heterocycles. The maximum absolute atomic E-state index is 12.8. The number of carbonyl (C=O) groups excluding carboxylic acids is 1. The molecular weight excluding hydrogens is 346 g/mol. The van der Waals surface area contributed by atoms with E-state index in [0.717, 1.165) is 11.9 Å². The third-order valence-electron chi connectivity index (χ3n) is 4.91. The van der Waals surface area contributed by atoms with Crippen LogP contribution in [0.25, 0.3) is 0 Å². The van der Waals surface area contributed by atoms with Crippen LogP contribution in [0.1, 0.15) is 6.42 Å².